The summed E-state index contributed by atoms with van der Waals surface area (Å²) in [5.41, 5.74) is 4.00. The molecule has 2 aromatic heterocycles. The maximum Gasteiger partial charge on any atom is 0.257 e. The monoisotopic (exact) mass is 280 g/mol. The third kappa shape index (κ3) is 3.17. The number of hydrogen-bond donors (Lipinski definition) is 2. The van der Waals surface area contributed by atoms with Gasteiger partial charge in [-0.1, -0.05) is 18.2 Å². The number of fused-ring (bicyclic) bond motifs is 1. The first kappa shape index (κ1) is 13.5. The molecule has 0 fully saturated rings. The van der Waals surface area contributed by atoms with E-state index < -0.39 is 0 Å². The van der Waals surface area contributed by atoms with Gasteiger partial charge in [0.25, 0.3) is 5.56 Å². The molecule has 0 aliphatic rings. The molecular formula is C17H18N3O+. The van der Waals surface area contributed by atoms with E-state index in [0.29, 0.717) is 6.54 Å². The summed E-state index contributed by atoms with van der Waals surface area (Å²) in [7, 11) is 0. The summed E-state index contributed by atoms with van der Waals surface area (Å²) in [4.78, 5) is 19.1. The Hall–Kier alpha value is -2.46. The largest absolute Gasteiger partial charge is 0.339 e. The first-order chi connectivity index (χ1) is 10.2. The summed E-state index contributed by atoms with van der Waals surface area (Å²) < 4.78 is 0. The van der Waals surface area contributed by atoms with E-state index in [2.05, 4.69) is 21.4 Å². The van der Waals surface area contributed by atoms with Gasteiger partial charge in [0.05, 0.1) is 5.56 Å². The van der Waals surface area contributed by atoms with Crippen LogP contribution in [0, 0.1) is 6.92 Å². The second-order valence-electron chi connectivity index (χ2n) is 5.27. The van der Waals surface area contributed by atoms with Gasteiger partial charge in [-0.3, -0.25) is 9.78 Å². The summed E-state index contributed by atoms with van der Waals surface area (Å²) in [5, 5.41) is 3.19. The molecule has 0 radical (unpaired) electrons. The minimum atomic E-state index is -0.00413. The van der Waals surface area contributed by atoms with Crippen LogP contribution < -0.4 is 10.9 Å². The van der Waals surface area contributed by atoms with Gasteiger partial charge in [-0.15, -0.1) is 0 Å². The number of aromatic amines is 1. The number of nitrogens with zero attached hydrogens (tertiary/aromatic N) is 1. The Labute approximate surface area is 122 Å². The highest BCUT2D eigenvalue weighted by Crippen LogP contribution is 2.12. The van der Waals surface area contributed by atoms with Gasteiger partial charge in [-0.25, -0.2) is 0 Å². The molecule has 0 saturated heterocycles. The van der Waals surface area contributed by atoms with Crippen molar-refractivity contribution in [1.82, 2.24) is 9.97 Å². The molecular weight excluding hydrogens is 262 g/mol. The van der Waals surface area contributed by atoms with Crippen molar-refractivity contribution in [3.63, 3.8) is 0 Å². The van der Waals surface area contributed by atoms with Gasteiger partial charge in [0.2, 0.25) is 0 Å². The van der Waals surface area contributed by atoms with Crippen LogP contribution in [-0.4, -0.2) is 9.97 Å². The van der Waals surface area contributed by atoms with Crippen LogP contribution in [0.3, 0.4) is 0 Å². The number of rotatable bonds is 4. The van der Waals surface area contributed by atoms with Crippen LogP contribution in [0.5, 0.6) is 0 Å². The maximum atomic E-state index is 12.1. The predicted octanol–water partition coefficient (Wildman–Crippen LogP) is 1.50. The van der Waals surface area contributed by atoms with Gasteiger partial charge in [0.1, 0.15) is 13.1 Å². The number of aryl methyl sites for hydroxylation is 1. The van der Waals surface area contributed by atoms with Crippen molar-refractivity contribution < 1.29 is 5.32 Å². The van der Waals surface area contributed by atoms with Crippen LogP contribution in [0.2, 0.25) is 0 Å². The Kier molecular flexibility index (Phi) is 3.79. The molecule has 0 bridgehead atoms. The van der Waals surface area contributed by atoms with Crippen LogP contribution in [0.4, 0.5) is 0 Å². The molecule has 0 atom stereocenters. The Morgan fingerprint density at radius 3 is 2.90 bits per heavy atom. The number of hydrogen-bond acceptors (Lipinski definition) is 2. The van der Waals surface area contributed by atoms with E-state index in [1.165, 1.54) is 0 Å². The Bertz CT molecular complexity index is 809. The molecule has 3 rings (SSSR count). The third-order valence-corrected chi connectivity index (χ3v) is 3.55. The average Bonchev–Trinajstić information content (AvgIpc) is 2.49. The Morgan fingerprint density at radius 2 is 2.10 bits per heavy atom. The van der Waals surface area contributed by atoms with Crippen LogP contribution in [-0.2, 0) is 13.1 Å². The molecule has 0 unspecified atom stereocenters. The average molecular weight is 280 g/mol. The standard InChI is InChI=1S/C17H17N3O/c1-12-4-5-14-8-15(17(21)20-16(14)7-12)11-19-10-13-3-2-6-18-9-13/h2-9,19H,10-11H2,1H3,(H,20,21)/p+1. The molecule has 0 aliphatic carbocycles. The number of pyridine rings is 2. The van der Waals surface area contributed by atoms with Crippen LogP contribution >= 0.6 is 0 Å². The van der Waals surface area contributed by atoms with Crippen LogP contribution in [0.25, 0.3) is 10.9 Å². The van der Waals surface area contributed by atoms with Crippen molar-refractivity contribution in [2.75, 3.05) is 0 Å². The zero-order valence-electron chi connectivity index (χ0n) is 12.0. The molecule has 0 aliphatic heterocycles. The molecule has 106 valence electrons. The van der Waals surface area contributed by atoms with Gasteiger partial charge in [-0.2, -0.15) is 0 Å². The lowest BCUT2D eigenvalue weighted by molar-refractivity contribution is -0.686. The summed E-state index contributed by atoms with van der Waals surface area (Å²) in [5.74, 6) is 0. The number of quaternary nitrogens is 1. The van der Waals surface area contributed by atoms with Crippen molar-refractivity contribution >= 4 is 10.9 Å². The number of nitrogens with one attached hydrogen (secondary N) is 1. The lowest BCUT2D eigenvalue weighted by Gasteiger charge is -2.04. The zero-order valence-corrected chi connectivity index (χ0v) is 12.0. The van der Waals surface area contributed by atoms with Crippen molar-refractivity contribution in [3.8, 4) is 0 Å². The molecule has 0 amide bonds. The number of H-pyrrole nitrogens is 1. The zero-order chi connectivity index (χ0) is 14.7. The minimum absolute atomic E-state index is 0.00413. The number of nitrogens with two attached hydrogens (primary N) is 1. The molecule has 4 nitrogen and oxygen atoms in total. The molecule has 3 N–H and O–H groups in total. The van der Waals surface area contributed by atoms with E-state index in [1.807, 2.05) is 43.5 Å². The summed E-state index contributed by atoms with van der Waals surface area (Å²) in [6.45, 7) is 3.50. The minimum Gasteiger partial charge on any atom is -0.339 e. The summed E-state index contributed by atoms with van der Waals surface area (Å²) >= 11 is 0. The van der Waals surface area contributed by atoms with Gasteiger partial charge in [0.15, 0.2) is 0 Å². The smallest absolute Gasteiger partial charge is 0.257 e. The van der Waals surface area contributed by atoms with Gasteiger partial charge < -0.3 is 10.3 Å². The molecule has 1 aromatic carbocycles. The molecule has 0 spiro atoms. The quantitative estimate of drug-likeness (QED) is 0.760. The van der Waals surface area contributed by atoms with Gasteiger partial charge in [0, 0.05) is 23.5 Å². The summed E-state index contributed by atoms with van der Waals surface area (Å²) in [6.07, 6.45) is 3.61. The first-order valence-electron chi connectivity index (χ1n) is 7.05. The van der Waals surface area contributed by atoms with Crippen LogP contribution in [0.15, 0.2) is 53.6 Å². The van der Waals surface area contributed by atoms with E-state index in [1.54, 1.807) is 6.20 Å². The fourth-order valence-electron chi connectivity index (χ4n) is 2.42. The second kappa shape index (κ2) is 5.89. The number of benzene rings is 1. The Morgan fingerprint density at radius 1 is 1.19 bits per heavy atom. The fraction of sp³-hybridized carbons (Fsp3) is 0.176. The normalized spacial score (nSPS) is 10.9. The highest BCUT2D eigenvalue weighted by molar-refractivity contribution is 5.79. The molecule has 4 heteroatoms. The van der Waals surface area contributed by atoms with Gasteiger partial charge >= 0.3 is 0 Å². The number of aromatic nitrogens is 2. The third-order valence-electron chi connectivity index (χ3n) is 3.55. The van der Waals surface area contributed by atoms with Crippen LogP contribution in [0.1, 0.15) is 16.7 Å². The molecule has 21 heavy (non-hydrogen) atoms. The van der Waals surface area contributed by atoms with Crippen molar-refractivity contribution in [2.45, 2.75) is 20.0 Å². The summed E-state index contributed by atoms with van der Waals surface area (Å²) in [6, 6.07) is 12.0. The second-order valence-corrected chi connectivity index (χ2v) is 5.27. The molecule has 3 aromatic rings. The maximum absolute atomic E-state index is 12.1. The van der Waals surface area contributed by atoms with Crippen molar-refractivity contribution in [1.29, 1.82) is 0 Å². The molecule has 0 saturated carbocycles. The topological polar surface area (TPSA) is 62.4 Å². The predicted molar refractivity (Wildman–Crippen MR) is 82.9 cm³/mol. The highest BCUT2D eigenvalue weighted by atomic mass is 16.1. The van der Waals surface area contributed by atoms with Crippen molar-refractivity contribution in [2.24, 2.45) is 0 Å². The lowest BCUT2D eigenvalue weighted by atomic mass is 10.1. The van der Waals surface area contributed by atoms with E-state index in [4.69, 9.17) is 0 Å². The molecule has 2 heterocycles. The fourth-order valence-corrected chi connectivity index (χ4v) is 2.42. The van der Waals surface area contributed by atoms with E-state index in [-0.39, 0.29) is 5.56 Å². The Balaban J connectivity index is 1.76. The van der Waals surface area contributed by atoms with E-state index in [9.17, 15) is 4.79 Å². The van der Waals surface area contributed by atoms with E-state index >= 15 is 0 Å². The highest BCUT2D eigenvalue weighted by Gasteiger charge is 2.05. The lowest BCUT2D eigenvalue weighted by Crippen LogP contribution is -2.81. The SMILES string of the molecule is Cc1ccc2cc(C[NH2+]Cc3cccnc3)c(=O)[nH]c2c1. The first-order valence-corrected chi connectivity index (χ1v) is 7.05. The van der Waals surface area contributed by atoms with Gasteiger partial charge in [-0.05, 0) is 36.1 Å². The van der Waals surface area contributed by atoms with Crippen molar-refractivity contribution in [3.05, 3.63) is 75.8 Å². The van der Waals surface area contributed by atoms with E-state index in [0.717, 1.165) is 34.1 Å².